The molecule has 1 aliphatic rings. The number of carbonyl (C=O) groups excluding carboxylic acids is 1. The summed E-state index contributed by atoms with van der Waals surface area (Å²) in [5.41, 5.74) is 0.177. The summed E-state index contributed by atoms with van der Waals surface area (Å²) in [7, 11) is 1.73. The lowest BCUT2D eigenvalue weighted by Crippen LogP contribution is -2.53. The number of morpholine rings is 1. The minimum atomic E-state index is -0.881. The molecule has 6 nitrogen and oxygen atoms in total. The van der Waals surface area contributed by atoms with Crippen LogP contribution < -0.4 is 0 Å². The summed E-state index contributed by atoms with van der Waals surface area (Å²) >= 11 is 6.06. The third-order valence-electron chi connectivity index (χ3n) is 4.43. The van der Waals surface area contributed by atoms with Crippen molar-refractivity contribution >= 4 is 23.5 Å². The Bertz CT molecular complexity index is 635. The number of carboxylic acids is 1. The molecule has 1 aromatic carbocycles. The molecule has 0 radical (unpaired) electrons. The molecule has 1 aliphatic heterocycles. The summed E-state index contributed by atoms with van der Waals surface area (Å²) in [6.07, 6.45) is -0.197. The van der Waals surface area contributed by atoms with Crippen LogP contribution in [0.1, 0.15) is 19.4 Å². The van der Waals surface area contributed by atoms with Gasteiger partial charge in [0.25, 0.3) is 0 Å². The maximum absolute atomic E-state index is 13.1. The van der Waals surface area contributed by atoms with Gasteiger partial charge in [0, 0.05) is 24.7 Å². The number of likely N-dealkylation sites (N-methyl/N-ethyl adjacent to an activating group) is 1. The number of amides is 1. The molecule has 0 aliphatic carbocycles. The van der Waals surface area contributed by atoms with Crippen molar-refractivity contribution in [3.05, 3.63) is 34.9 Å². The molecule has 25 heavy (non-hydrogen) atoms. The SMILES string of the molecule is CN(CC(=O)O)CC1CN(C(=O)C(C)(C)c2cccc(Cl)c2)CCO1. The zero-order valence-corrected chi connectivity index (χ0v) is 15.6. The monoisotopic (exact) mass is 368 g/mol. The summed E-state index contributed by atoms with van der Waals surface area (Å²) in [6.45, 7) is 5.62. The zero-order chi connectivity index (χ0) is 18.6. The fraction of sp³-hybridized carbons (Fsp3) is 0.556. The van der Waals surface area contributed by atoms with Crippen molar-refractivity contribution in [3.8, 4) is 0 Å². The Morgan fingerprint density at radius 2 is 2.16 bits per heavy atom. The molecule has 0 bridgehead atoms. The molecular formula is C18H25ClN2O4. The quantitative estimate of drug-likeness (QED) is 0.830. The smallest absolute Gasteiger partial charge is 0.317 e. The first kappa shape index (κ1) is 19.7. The average Bonchev–Trinajstić information content (AvgIpc) is 2.53. The Labute approximate surface area is 153 Å². The second kappa shape index (κ2) is 8.17. The van der Waals surface area contributed by atoms with Crippen LogP contribution in [0.5, 0.6) is 0 Å². The molecule has 0 aromatic heterocycles. The van der Waals surface area contributed by atoms with Crippen molar-refractivity contribution in [1.82, 2.24) is 9.80 Å². The van der Waals surface area contributed by atoms with E-state index in [0.29, 0.717) is 31.3 Å². The molecule has 0 saturated carbocycles. The van der Waals surface area contributed by atoms with E-state index >= 15 is 0 Å². The summed E-state index contributed by atoms with van der Waals surface area (Å²) < 4.78 is 5.70. The third kappa shape index (κ3) is 5.17. The predicted molar refractivity (Wildman–Crippen MR) is 95.9 cm³/mol. The van der Waals surface area contributed by atoms with E-state index in [1.165, 1.54) is 0 Å². The number of halogens is 1. The molecule has 0 spiro atoms. The zero-order valence-electron chi connectivity index (χ0n) is 14.9. The normalized spacial score (nSPS) is 18.4. The Hall–Kier alpha value is -1.63. The highest BCUT2D eigenvalue weighted by Crippen LogP contribution is 2.28. The van der Waals surface area contributed by atoms with Crippen LogP contribution in [-0.2, 0) is 19.7 Å². The van der Waals surface area contributed by atoms with E-state index in [0.717, 1.165) is 5.56 Å². The molecule has 1 heterocycles. The maximum Gasteiger partial charge on any atom is 0.317 e. The summed E-state index contributed by atoms with van der Waals surface area (Å²) in [5.74, 6) is -0.864. The third-order valence-corrected chi connectivity index (χ3v) is 4.66. The first-order valence-corrected chi connectivity index (χ1v) is 8.65. The molecule has 138 valence electrons. The van der Waals surface area contributed by atoms with Gasteiger partial charge in [0.1, 0.15) is 0 Å². The van der Waals surface area contributed by atoms with Crippen LogP contribution >= 0.6 is 11.6 Å². The lowest BCUT2D eigenvalue weighted by molar-refractivity contribution is -0.146. The number of carboxylic acid groups (broad SMARTS) is 1. The van der Waals surface area contributed by atoms with Crippen molar-refractivity contribution in [2.45, 2.75) is 25.4 Å². The molecule has 1 amide bonds. The highest BCUT2D eigenvalue weighted by molar-refractivity contribution is 6.30. The number of ether oxygens (including phenoxy) is 1. The van der Waals surface area contributed by atoms with Gasteiger partial charge in [-0.2, -0.15) is 0 Å². The number of benzene rings is 1. The van der Waals surface area contributed by atoms with Crippen LogP contribution in [0.4, 0.5) is 0 Å². The van der Waals surface area contributed by atoms with Crippen LogP contribution in [0.2, 0.25) is 5.02 Å². The molecule has 1 unspecified atom stereocenters. The van der Waals surface area contributed by atoms with E-state index < -0.39 is 11.4 Å². The van der Waals surface area contributed by atoms with E-state index in [1.807, 2.05) is 32.0 Å². The average molecular weight is 369 g/mol. The van der Waals surface area contributed by atoms with Gasteiger partial charge in [-0.15, -0.1) is 0 Å². The number of carbonyl (C=O) groups is 2. The second-order valence-electron chi connectivity index (χ2n) is 6.97. The Morgan fingerprint density at radius 3 is 2.80 bits per heavy atom. The number of hydrogen-bond donors (Lipinski definition) is 1. The molecule has 7 heteroatoms. The van der Waals surface area contributed by atoms with Gasteiger partial charge in [-0.05, 0) is 38.6 Å². The maximum atomic E-state index is 13.1. The molecule has 1 N–H and O–H groups in total. The summed E-state index contributed by atoms with van der Waals surface area (Å²) in [4.78, 5) is 27.3. The molecule has 1 aromatic rings. The van der Waals surface area contributed by atoms with Crippen LogP contribution in [0, 0.1) is 0 Å². The van der Waals surface area contributed by atoms with E-state index in [9.17, 15) is 9.59 Å². The number of nitrogens with zero attached hydrogens (tertiary/aromatic N) is 2. The standard InChI is InChI=1S/C18H25ClN2O4/c1-18(2,13-5-4-6-14(19)9-13)17(24)21-7-8-25-15(11-21)10-20(3)12-16(22)23/h4-6,9,15H,7-8,10-12H2,1-3H3,(H,22,23). The van der Waals surface area contributed by atoms with Gasteiger partial charge in [-0.3, -0.25) is 14.5 Å². The van der Waals surface area contributed by atoms with Crippen LogP contribution in [0.15, 0.2) is 24.3 Å². The number of aliphatic carboxylic acids is 1. The van der Waals surface area contributed by atoms with Gasteiger partial charge in [0.15, 0.2) is 0 Å². The fourth-order valence-electron chi connectivity index (χ4n) is 3.05. The number of hydrogen-bond acceptors (Lipinski definition) is 4. The van der Waals surface area contributed by atoms with E-state index in [4.69, 9.17) is 21.4 Å². The molecular weight excluding hydrogens is 344 g/mol. The van der Waals surface area contributed by atoms with Crippen LogP contribution in [0.25, 0.3) is 0 Å². The minimum Gasteiger partial charge on any atom is -0.480 e. The van der Waals surface area contributed by atoms with Crippen LogP contribution in [-0.4, -0.2) is 72.7 Å². The molecule has 1 saturated heterocycles. The summed E-state index contributed by atoms with van der Waals surface area (Å²) in [5, 5.41) is 9.46. The lowest BCUT2D eigenvalue weighted by atomic mass is 9.83. The molecule has 1 fully saturated rings. The Morgan fingerprint density at radius 1 is 1.44 bits per heavy atom. The highest BCUT2D eigenvalue weighted by atomic mass is 35.5. The fourth-order valence-corrected chi connectivity index (χ4v) is 3.24. The van der Waals surface area contributed by atoms with Crippen molar-refractivity contribution in [3.63, 3.8) is 0 Å². The van der Waals surface area contributed by atoms with Crippen molar-refractivity contribution in [2.75, 3.05) is 39.8 Å². The first-order valence-electron chi connectivity index (χ1n) is 8.27. The molecule has 1 atom stereocenters. The van der Waals surface area contributed by atoms with Gasteiger partial charge >= 0.3 is 5.97 Å². The van der Waals surface area contributed by atoms with Crippen LogP contribution in [0.3, 0.4) is 0 Å². The van der Waals surface area contributed by atoms with Gasteiger partial charge in [0.05, 0.1) is 24.7 Å². The van der Waals surface area contributed by atoms with E-state index in [1.54, 1.807) is 22.9 Å². The largest absolute Gasteiger partial charge is 0.480 e. The number of rotatable bonds is 6. The van der Waals surface area contributed by atoms with Crippen molar-refractivity contribution < 1.29 is 19.4 Å². The van der Waals surface area contributed by atoms with Crippen molar-refractivity contribution in [2.24, 2.45) is 0 Å². The topological polar surface area (TPSA) is 70.1 Å². The van der Waals surface area contributed by atoms with Crippen molar-refractivity contribution in [1.29, 1.82) is 0 Å². The highest BCUT2D eigenvalue weighted by Gasteiger charge is 2.36. The Kier molecular flexibility index (Phi) is 6.43. The van der Waals surface area contributed by atoms with Gasteiger partial charge in [0.2, 0.25) is 5.91 Å². The van der Waals surface area contributed by atoms with Gasteiger partial charge in [-0.1, -0.05) is 23.7 Å². The first-order chi connectivity index (χ1) is 11.7. The lowest BCUT2D eigenvalue weighted by Gasteiger charge is -2.38. The Balaban J connectivity index is 2.04. The summed E-state index contributed by atoms with van der Waals surface area (Å²) in [6, 6.07) is 7.35. The second-order valence-corrected chi connectivity index (χ2v) is 7.41. The predicted octanol–water partition coefficient (Wildman–Crippen LogP) is 1.86. The van der Waals surface area contributed by atoms with Gasteiger partial charge in [-0.25, -0.2) is 0 Å². The molecule has 2 rings (SSSR count). The minimum absolute atomic E-state index is 0.0176. The van der Waals surface area contributed by atoms with Gasteiger partial charge < -0.3 is 14.7 Å². The van der Waals surface area contributed by atoms with E-state index in [-0.39, 0.29) is 18.6 Å². The van der Waals surface area contributed by atoms with E-state index in [2.05, 4.69) is 0 Å².